The second-order valence-electron chi connectivity index (χ2n) is 5.97. The molecule has 1 atom stereocenters. The van der Waals surface area contributed by atoms with E-state index in [0.29, 0.717) is 21.6 Å². The number of phenolic OH excluding ortho intramolecular Hbond substituents is 1. The van der Waals surface area contributed by atoms with Crippen molar-refractivity contribution in [2.24, 2.45) is 0 Å². The van der Waals surface area contributed by atoms with Crippen LogP contribution in [-0.4, -0.2) is 28.0 Å². The largest absolute Gasteiger partial charge is 0.505 e. The third-order valence-electron chi connectivity index (χ3n) is 4.30. The highest BCUT2D eigenvalue weighted by atomic mass is 16.8. The zero-order valence-electron chi connectivity index (χ0n) is 15.0. The van der Waals surface area contributed by atoms with Crippen molar-refractivity contribution in [3.8, 4) is 5.75 Å². The van der Waals surface area contributed by atoms with Crippen LogP contribution in [-0.2, 0) is 9.63 Å². The second-order valence-corrected chi connectivity index (χ2v) is 5.97. The quantitative estimate of drug-likeness (QED) is 0.651. The molecule has 138 valence electrons. The summed E-state index contributed by atoms with van der Waals surface area (Å²) in [6, 6.07) is 13.2. The van der Waals surface area contributed by atoms with Crippen molar-refractivity contribution in [3.63, 3.8) is 0 Å². The van der Waals surface area contributed by atoms with Gasteiger partial charge in [0, 0.05) is 35.7 Å². The van der Waals surface area contributed by atoms with E-state index in [1.54, 1.807) is 49.5 Å². The van der Waals surface area contributed by atoms with Gasteiger partial charge >= 0.3 is 5.69 Å². The second kappa shape index (κ2) is 7.82. The standard InChI is InChI=1S/C20H19N3O4/c1-3-17(24)22-18(14-6-4-8-15(12-14)23(26)27-2)16-10-9-13-7-5-11-21-19(13)20(16)25/h4-12,18H,3H2,1-2H3,(H-,22,24,25)/p+1. The number of carbonyl (C=O) groups is 1. The maximum absolute atomic E-state index is 12.1. The number of rotatable bonds is 6. The smallest absolute Gasteiger partial charge is 0.317 e. The summed E-state index contributed by atoms with van der Waals surface area (Å²) >= 11 is 0. The minimum atomic E-state index is -0.644. The number of nitrogens with zero attached hydrogens (tertiary/aromatic N) is 2. The molecular formula is C20H20N3O4+. The van der Waals surface area contributed by atoms with Crippen LogP contribution in [0.25, 0.3) is 10.9 Å². The fourth-order valence-corrected chi connectivity index (χ4v) is 2.91. The molecular weight excluding hydrogens is 346 g/mol. The van der Waals surface area contributed by atoms with Crippen molar-refractivity contribution in [1.82, 2.24) is 10.3 Å². The summed E-state index contributed by atoms with van der Waals surface area (Å²) in [5.74, 6) is -0.192. The lowest BCUT2D eigenvalue weighted by Gasteiger charge is -2.21. The third-order valence-corrected chi connectivity index (χ3v) is 4.30. The van der Waals surface area contributed by atoms with E-state index in [-0.39, 0.29) is 23.8 Å². The highest BCUT2D eigenvalue weighted by Gasteiger charge is 2.24. The first-order valence-electron chi connectivity index (χ1n) is 8.52. The fraction of sp³-hybridized carbons (Fsp3) is 0.200. The Bertz CT molecular complexity index is 1000. The van der Waals surface area contributed by atoms with E-state index in [0.717, 1.165) is 5.39 Å². The number of pyridine rings is 1. The zero-order valence-corrected chi connectivity index (χ0v) is 15.0. The van der Waals surface area contributed by atoms with Crippen molar-refractivity contribution in [1.29, 1.82) is 0 Å². The van der Waals surface area contributed by atoms with Crippen molar-refractivity contribution in [2.45, 2.75) is 19.4 Å². The van der Waals surface area contributed by atoms with Crippen molar-refractivity contribution < 1.29 is 19.7 Å². The van der Waals surface area contributed by atoms with Crippen LogP contribution in [0.15, 0.2) is 54.7 Å². The van der Waals surface area contributed by atoms with Crippen LogP contribution in [0.4, 0.5) is 5.69 Å². The Hall–Kier alpha value is -3.48. The van der Waals surface area contributed by atoms with Gasteiger partial charge < -0.3 is 10.4 Å². The highest BCUT2D eigenvalue weighted by Crippen LogP contribution is 2.35. The summed E-state index contributed by atoms with van der Waals surface area (Å²) in [5, 5.41) is 14.5. The molecule has 3 aromatic rings. The lowest BCUT2D eigenvalue weighted by atomic mass is 9.95. The Balaban J connectivity index is 2.14. The molecule has 7 nitrogen and oxygen atoms in total. The van der Waals surface area contributed by atoms with Crippen LogP contribution in [0.1, 0.15) is 30.5 Å². The Morgan fingerprint density at radius 1 is 1.26 bits per heavy atom. The molecule has 0 saturated heterocycles. The van der Waals surface area contributed by atoms with Gasteiger partial charge in [-0.1, -0.05) is 37.3 Å². The minimum absolute atomic E-state index is 0.00868. The van der Waals surface area contributed by atoms with Crippen LogP contribution in [0.3, 0.4) is 0 Å². The number of hydrogen-bond acceptors (Lipinski definition) is 5. The van der Waals surface area contributed by atoms with Gasteiger partial charge in [0.1, 0.15) is 11.3 Å². The van der Waals surface area contributed by atoms with E-state index in [4.69, 9.17) is 4.84 Å². The summed E-state index contributed by atoms with van der Waals surface area (Å²) in [6.07, 6.45) is 1.88. The summed E-state index contributed by atoms with van der Waals surface area (Å²) in [5.41, 5.74) is 1.86. The molecule has 2 aromatic carbocycles. The first-order valence-corrected chi connectivity index (χ1v) is 8.52. The molecule has 0 fully saturated rings. The van der Waals surface area contributed by atoms with Gasteiger partial charge in [-0.2, -0.15) is 0 Å². The zero-order chi connectivity index (χ0) is 19.4. The van der Waals surface area contributed by atoms with Crippen LogP contribution in [0.2, 0.25) is 0 Å². The fourth-order valence-electron chi connectivity index (χ4n) is 2.91. The maximum atomic E-state index is 12.1. The Morgan fingerprint density at radius 3 is 2.81 bits per heavy atom. The molecule has 0 aliphatic carbocycles. The van der Waals surface area contributed by atoms with E-state index < -0.39 is 6.04 Å². The summed E-state index contributed by atoms with van der Waals surface area (Å²) in [7, 11) is 1.27. The average molecular weight is 366 g/mol. The van der Waals surface area contributed by atoms with E-state index >= 15 is 0 Å². The minimum Gasteiger partial charge on any atom is -0.505 e. The van der Waals surface area contributed by atoms with E-state index in [2.05, 4.69) is 10.3 Å². The molecule has 0 aliphatic rings. The van der Waals surface area contributed by atoms with Crippen LogP contribution in [0, 0.1) is 4.91 Å². The van der Waals surface area contributed by atoms with E-state index in [9.17, 15) is 14.8 Å². The number of nitrogens with one attached hydrogen (secondary N) is 1. The molecule has 3 rings (SSSR count). The molecule has 2 N–H and O–H groups in total. The van der Waals surface area contributed by atoms with Gasteiger partial charge in [-0.25, -0.2) is 4.84 Å². The Kier molecular flexibility index (Phi) is 5.30. The number of carbonyl (C=O) groups excluding carboxylic acids is 1. The number of aromatic hydroxyl groups is 1. The summed E-state index contributed by atoms with van der Waals surface area (Å²) in [4.78, 5) is 33.2. The van der Waals surface area contributed by atoms with Crippen molar-refractivity contribution >= 4 is 22.5 Å². The topological polar surface area (TPSA) is 91.5 Å². The Labute approximate surface area is 156 Å². The molecule has 0 aliphatic heterocycles. The molecule has 0 saturated carbocycles. The van der Waals surface area contributed by atoms with Gasteiger partial charge in [-0.05, 0) is 11.6 Å². The maximum Gasteiger partial charge on any atom is 0.317 e. The lowest BCUT2D eigenvalue weighted by Crippen LogP contribution is -2.28. The molecule has 0 bridgehead atoms. The molecule has 1 heterocycles. The number of phenols is 1. The van der Waals surface area contributed by atoms with E-state index in [1.807, 2.05) is 12.1 Å². The normalized spacial score (nSPS) is 11.8. The van der Waals surface area contributed by atoms with Gasteiger partial charge in [0.2, 0.25) is 5.91 Å². The Morgan fingerprint density at radius 2 is 2.07 bits per heavy atom. The predicted molar refractivity (Wildman–Crippen MR) is 100 cm³/mol. The first-order chi connectivity index (χ1) is 13.0. The van der Waals surface area contributed by atoms with Crippen LogP contribution >= 0.6 is 0 Å². The van der Waals surface area contributed by atoms with Crippen LogP contribution in [0.5, 0.6) is 5.75 Å². The average Bonchev–Trinajstić information content (AvgIpc) is 2.72. The monoisotopic (exact) mass is 366 g/mol. The van der Waals surface area contributed by atoms with E-state index in [1.165, 1.54) is 7.11 Å². The van der Waals surface area contributed by atoms with Crippen molar-refractivity contribution in [3.05, 3.63) is 70.8 Å². The SMILES string of the molecule is CCC(=O)NC(c1cccc([N+](=O)OC)c1)c1ccc2cccnc2c1O. The van der Waals surface area contributed by atoms with Gasteiger partial charge in [0.15, 0.2) is 7.11 Å². The first kappa shape index (κ1) is 18.3. The molecule has 0 radical (unpaired) electrons. The molecule has 1 aromatic heterocycles. The highest BCUT2D eigenvalue weighted by molar-refractivity contribution is 5.86. The molecule has 0 spiro atoms. The molecule has 1 amide bonds. The molecule has 27 heavy (non-hydrogen) atoms. The number of benzene rings is 2. The van der Waals surface area contributed by atoms with Gasteiger partial charge in [0.25, 0.3) is 4.92 Å². The summed E-state index contributed by atoms with van der Waals surface area (Å²) in [6.45, 7) is 1.74. The number of amides is 1. The van der Waals surface area contributed by atoms with Crippen LogP contribution < -0.4 is 5.32 Å². The van der Waals surface area contributed by atoms with Crippen molar-refractivity contribution in [2.75, 3.05) is 7.11 Å². The predicted octanol–water partition coefficient (Wildman–Crippen LogP) is 3.53. The summed E-state index contributed by atoms with van der Waals surface area (Å²) < 4.78 is 0. The van der Waals surface area contributed by atoms with Gasteiger partial charge in [0.05, 0.1) is 10.9 Å². The molecule has 7 heteroatoms. The number of aromatic nitrogens is 1. The third kappa shape index (κ3) is 3.72. The molecule has 1 unspecified atom stereocenters. The number of fused-ring (bicyclic) bond motifs is 1. The lowest BCUT2D eigenvalue weighted by molar-refractivity contribution is -0.736. The van der Waals surface area contributed by atoms with Gasteiger partial charge in [-0.3, -0.25) is 9.78 Å². The van der Waals surface area contributed by atoms with Gasteiger partial charge in [-0.15, -0.1) is 0 Å². The number of hydrogen-bond donors (Lipinski definition) is 2.